The van der Waals surface area contributed by atoms with E-state index in [0.29, 0.717) is 16.5 Å². The van der Waals surface area contributed by atoms with Gasteiger partial charge < -0.3 is 0 Å². The zero-order valence-corrected chi connectivity index (χ0v) is 15.0. The Balaban J connectivity index is 2.42. The molecule has 0 saturated heterocycles. The largest absolute Gasteiger partial charge is 0.416 e. The fourth-order valence-corrected chi connectivity index (χ4v) is 3.12. The smallest absolute Gasteiger partial charge is 0.290 e. The van der Waals surface area contributed by atoms with Gasteiger partial charge in [0, 0.05) is 11.6 Å². The highest BCUT2D eigenvalue weighted by molar-refractivity contribution is 5.82. The monoisotopic (exact) mass is 360 g/mol. The number of hydrogen-bond donors (Lipinski definition) is 0. The predicted molar refractivity (Wildman–Crippen MR) is 96.3 cm³/mol. The van der Waals surface area contributed by atoms with Gasteiger partial charge in [-0.3, -0.25) is 9.36 Å². The minimum absolute atomic E-state index is 0.246. The zero-order chi connectivity index (χ0) is 19.2. The van der Waals surface area contributed by atoms with Crippen molar-refractivity contribution in [2.75, 3.05) is 0 Å². The highest BCUT2D eigenvalue weighted by atomic mass is 19.4. The molecule has 0 aliphatic rings. The summed E-state index contributed by atoms with van der Waals surface area (Å²) in [5, 5.41) is 0.464. The first-order valence-corrected chi connectivity index (χ1v) is 8.30. The molecule has 1 heterocycles. The number of aromatic nitrogens is 2. The summed E-state index contributed by atoms with van der Waals surface area (Å²) in [6.45, 7) is 7.06. The average molecular weight is 360 g/mol. The SMILES string of the molecule is Cc1cc(-c2nc3c(C)cccc3c(=O)n2C(C)C)cc(C(F)(F)F)c1. The van der Waals surface area contributed by atoms with Crippen molar-refractivity contribution in [2.45, 2.75) is 39.9 Å². The summed E-state index contributed by atoms with van der Waals surface area (Å²) in [7, 11) is 0. The second-order valence-electron chi connectivity index (χ2n) is 6.76. The summed E-state index contributed by atoms with van der Waals surface area (Å²) in [6, 6.07) is 8.82. The molecule has 0 amide bonds. The maximum absolute atomic E-state index is 13.2. The van der Waals surface area contributed by atoms with Crippen molar-refractivity contribution >= 4 is 10.9 Å². The first-order valence-electron chi connectivity index (χ1n) is 8.30. The lowest BCUT2D eigenvalue weighted by Crippen LogP contribution is -2.25. The lowest BCUT2D eigenvalue weighted by Gasteiger charge is -2.19. The quantitative estimate of drug-likeness (QED) is 0.623. The molecule has 1 aromatic heterocycles. The minimum atomic E-state index is -4.46. The number of aryl methyl sites for hydroxylation is 2. The van der Waals surface area contributed by atoms with Crippen LogP contribution < -0.4 is 5.56 Å². The first kappa shape index (κ1) is 18.2. The number of benzene rings is 2. The fourth-order valence-electron chi connectivity index (χ4n) is 3.12. The van der Waals surface area contributed by atoms with E-state index in [1.807, 2.05) is 26.8 Å². The molecule has 3 rings (SSSR count). The number of hydrogen-bond acceptors (Lipinski definition) is 2. The summed E-state index contributed by atoms with van der Waals surface area (Å²) in [4.78, 5) is 17.6. The second-order valence-corrected chi connectivity index (χ2v) is 6.76. The number of alkyl halides is 3. The standard InChI is InChI=1S/C20H19F3N2O/c1-11(2)25-18(14-8-12(3)9-15(10-14)20(21,22)23)24-17-13(4)6-5-7-16(17)19(25)26/h5-11H,1-4H3. The van der Waals surface area contributed by atoms with Crippen LogP contribution in [0.25, 0.3) is 22.3 Å². The van der Waals surface area contributed by atoms with E-state index < -0.39 is 11.7 Å². The van der Waals surface area contributed by atoms with Crippen LogP contribution in [-0.2, 0) is 6.18 Å². The van der Waals surface area contributed by atoms with E-state index in [-0.39, 0.29) is 23.0 Å². The van der Waals surface area contributed by atoms with Crippen LogP contribution in [0.4, 0.5) is 13.2 Å². The molecule has 0 fully saturated rings. The maximum atomic E-state index is 13.2. The summed E-state index contributed by atoms with van der Waals surface area (Å²) < 4.78 is 41.1. The van der Waals surface area contributed by atoms with Crippen LogP contribution in [0, 0.1) is 13.8 Å². The third kappa shape index (κ3) is 3.11. The van der Waals surface area contributed by atoms with Gasteiger partial charge in [0.05, 0.1) is 16.5 Å². The lowest BCUT2D eigenvalue weighted by molar-refractivity contribution is -0.137. The Morgan fingerprint density at radius 3 is 2.38 bits per heavy atom. The normalized spacial score (nSPS) is 12.2. The lowest BCUT2D eigenvalue weighted by atomic mass is 10.0. The van der Waals surface area contributed by atoms with Crippen molar-refractivity contribution in [3.05, 3.63) is 63.4 Å². The van der Waals surface area contributed by atoms with Crippen LogP contribution in [0.5, 0.6) is 0 Å². The molecule has 0 N–H and O–H groups in total. The average Bonchev–Trinajstić information content (AvgIpc) is 2.53. The van der Waals surface area contributed by atoms with E-state index in [1.54, 1.807) is 25.1 Å². The minimum Gasteiger partial charge on any atom is -0.290 e. The third-order valence-electron chi connectivity index (χ3n) is 4.31. The van der Waals surface area contributed by atoms with Crippen molar-refractivity contribution in [3.63, 3.8) is 0 Å². The van der Waals surface area contributed by atoms with Crippen molar-refractivity contribution in [1.82, 2.24) is 9.55 Å². The Hall–Kier alpha value is -2.63. The zero-order valence-electron chi connectivity index (χ0n) is 15.0. The van der Waals surface area contributed by atoms with Gasteiger partial charge in [0.1, 0.15) is 5.82 Å². The number of rotatable bonds is 2. The molecule has 6 heteroatoms. The molecule has 2 aromatic carbocycles. The van der Waals surface area contributed by atoms with Crippen LogP contribution in [0.2, 0.25) is 0 Å². The van der Waals surface area contributed by atoms with E-state index >= 15 is 0 Å². The number of fused-ring (bicyclic) bond motifs is 1. The summed E-state index contributed by atoms with van der Waals surface area (Å²) in [5.74, 6) is 0.251. The van der Waals surface area contributed by atoms with E-state index in [9.17, 15) is 18.0 Å². The Bertz CT molecular complexity index is 1050. The molecule has 3 nitrogen and oxygen atoms in total. The number of halogens is 3. The molecule has 0 atom stereocenters. The van der Waals surface area contributed by atoms with Crippen LogP contribution in [-0.4, -0.2) is 9.55 Å². The molecule has 26 heavy (non-hydrogen) atoms. The molecule has 0 aliphatic carbocycles. The van der Waals surface area contributed by atoms with Gasteiger partial charge in [-0.2, -0.15) is 13.2 Å². The Kier molecular flexibility index (Phi) is 4.38. The molecule has 0 unspecified atom stereocenters. The molecule has 0 bridgehead atoms. The Morgan fingerprint density at radius 1 is 1.08 bits per heavy atom. The van der Waals surface area contributed by atoms with Crippen LogP contribution in [0.3, 0.4) is 0 Å². The van der Waals surface area contributed by atoms with Crippen molar-refractivity contribution in [1.29, 1.82) is 0 Å². The van der Waals surface area contributed by atoms with Gasteiger partial charge in [0.2, 0.25) is 0 Å². The van der Waals surface area contributed by atoms with Crippen LogP contribution >= 0.6 is 0 Å². The predicted octanol–water partition coefficient (Wildman–Crippen LogP) is 5.28. The van der Waals surface area contributed by atoms with Crippen LogP contribution in [0.15, 0.2) is 41.2 Å². The summed E-state index contributed by atoms with van der Waals surface area (Å²) in [6.07, 6.45) is -4.46. The van der Waals surface area contributed by atoms with Crippen molar-refractivity contribution in [2.24, 2.45) is 0 Å². The van der Waals surface area contributed by atoms with Gasteiger partial charge in [-0.1, -0.05) is 12.1 Å². The second kappa shape index (κ2) is 6.27. The van der Waals surface area contributed by atoms with Gasteiger partial charge in [0.25, 0.3) is 5.56 Å². The first-order chi connectivity index (χ1) is 12.1. The molecule has 0 saturated carbocycles. The highest BCUT2D eigenvalue weighted by Gasteiger charge is 2.31. The Morgan fingerprint density at radius 2 is 1.77 bits per heavy atom. The molecule has 136 valence electrons. The molecule has 0 radical (unpaired) electrons. The fraction of sp³-hybridized carbons (Fsp3) is 0.300. The van der Waals surface area contributed by atoms with E-state index in [2.05, 4.69) is 4.98 Å². The topological polar surface area (TPSA) is 34.9 Å². The van der Waals surface area contributed by atoms with Gasteiger partial charge in [-0.25, -0.2) is 4.98 Å². The summed E-state index contributed by atoms with van der Waals surface area (Å²) >= 11 is 0. The van der Waals surface area contributed by atoms with Crippen molar-refractivity contribution < 1.29 is 13.2 Å². The van der Waals surface area contributed by atoms with Gasteiger partial charge in [-0.15, -0.1) is 0 Å². The summed E-state index contributed by atoms with van der Waals surface area (Å²) in [5.41, 5.74) is 1.07. The Labute approximate surface area is 149 Å². The number of nitrogens with zero attached hydrogens (tertiary/aromatic N) is 2. The van der Waals surface area contributed by atoms with Crippen molar-refractivity contribution in [3.8, 4) is 11.4 Å². The van der Waals surface area contributed by atoms with E-state index in [0.717, 1.165) is 17.7 Å². The van der Waals surface area contributed by atoms with E-state index in [4.69, 9.17) is 0 Å². The highest BCUT2D eigenvalue weighted by Crippen LogP contribution is 2.33. The van der Waals surface area contributed by atoms with Crippen LogP contribution in [0.1, 0.15) is 36.6 Å². The third-order valence-corrected chi connectivity index (χ3v) is 4.31. The molecule has 0 aliphatic heterocycles. The molecular formula is C20H19F3N2O. The molecular weight excluding hydrogens is 341 g/mol. The van der Waals surface area contributed by atoms with Gasteiger partial charge in [0.15, 0.2) is 0 Å². The number of para-hydroxylation sites is 1. The van der Waals surface area contributed by atoms with E-state index in [1.165, 1.54) is 4.57 Å². The molecule has 3 aromatic rings. The van der Waals surface area contributed by atoms with Gasteiger partial charge >= 0.3 is 6.18 Å². The maximum Gasteiger partial charge on any atom is 0.416 e. The molecule has 0 spiro atoms. The van der Waals surface area contributed by atoms with Gasteiger partial charge in [-0.05, 0) is 63.1 Å².